The van der Waals surface area contributed by atoms with E-state index in [-0.39, 0.29) is 16.9 Å². The van der Waals surface area contributed by atoms with Gasteiger partial charge >= 0.3 is 0 Å². The molecule has 1 aliphatic carbocycles. The molecule has 1 aromatic rings. The maximum atomic E-state index is 12.3. The van der Waals surface area contributed by atoms with Gasteiger partial charge in [-0.3, -0.25) is 0 Å². The molecule has 1 N–H and O–H groups in total. The predicted octanol–water partition coefficient (Wildman–Crippen LogP) is 2.27. The molecule has 4 nitrogen and oxygen atoms in total. The van der Waals surface area contributed by atoms with Gasteiger partial charge in [0.1, 0.15) is 0 Å². The van der Waals surface area contributed by atoms with Crippen molar-refractivity contribution < 1.29 is 8.42 Å². The van der Waals surface area contributed by atoms with Crippen molar-refractivity contribution in [2.75, 3.05) is 0 Å². The van der Waals surface area contributed by atoms with E-state index in [0.29, 0.717) is 0 Å². The highest BCUT2D eigenvalue weighted by atomic mass is 32.2. The highest BCUT2D eigenvalue weighted by molar-refractivity contribution is 7.89. The summed E-state index contributed by atoms with van der Waals surface area (Å²) in [5, 5.41) is 9.00. The fourth-order valence-electron chi connectivity index (χ4n) is 2.40. The Bertz CT molecular complexity index is 617. The van der Waals surface area contributed by atoms with Gasteiger partial charge in [0.2, 0.25) is 10.0 Å². The highest BCUT2D eigenvalue weighted by Crippen LogP contribution is 2.26. The van der Waals surface area contributed by atoms with E-state index in [0.717, 1.165) is 30.4 Å². The van der Waals surface area contributed by atoms with Gasteiger partial charge in [-0.1, -0.05) is 12.5 Å². The fourth-order valence-corrected chi connectivity index (χ4v) is 3.80. The van der Waals surface area contributed by atoms with Gasteiger partial charge in [0.25, 0.3) is 0 Å². The minimum absolute atomic E-state index is 0.207. The number of hydrogen-bond acceptors (Lipinski definition) is 3. The van der Waals surface area contributed by atoms with Crippen LogP contribution in [0.5, 0.6) is 0 Å². The number of hydrogen-bond donors (Lipinski definition) is 1. The zero-order valence-electron chi connectivity index (χ0n) is 11.2. The van der Waals surface area contributed by atoms with E-state index in [1.807, 2.05) is 13.8 Å². The average molecular weight is 278 g/mol. The first-order valence-corrected chi connectivity index (χ1v) is 7.91. The number of nitriles is 1. The molecule has 0 radical (unpaired) electrons. The van der Waals surface area contributed by atoms with E-state index in [1.165, 1.54) is 0 Å². The van der Waals surface area contributed by atoms with Crippen LogP contribution in [0.15, 0.2) is 23.1 Å². The van der Waals surface area contributed by atoms with Crippen molar-refractivity contribution in [3.05, 3.63) is 29.3 Å². The molecule has 2 unspecified atom stereocenters. The summed E-state index contributed by atoms with van der Waals surface area (Å²) >= 11 is 0. The normalized spacial score (nSPS) is 23.2. The van der Waals surface area contributed by atoms with Crippen molar-refractivity contribution in [1.29, 1.82) is 5.26 Å². The molecule has 1 aromatic carbocycles. The SMILES string of the molecule is Cc1ccc(S(=O)(=O)NC2CCCC2C#N)cc1C. The lowest BCUT2D eigenvalue weighted by Gasteiger charge is -2.16. The Kier molecular flexibility index (Phi) is 3.93. The minimum atomic E-state index is -3.53. The number of benzene rings is 1. The Labute approximate surface area is 114 Å². The zero-order valence-corrected chi connectivity index (χ0v) is 12.0. The molecule has 1 saturated carbocycles. The van der Waals surface area contributed by atoms with E-state index in [1.54, 1.807) is 18.2 Å². The summed E-state index contributed by atoms with van der Waals surface area (Å²) in [6, 6.07) is 7.02. The van der Waals surface area contributed by atoms with Crippen molar-refractivity contribution in [2.24, 2.45) is 5.92 Å². The van der Waals surface area contributed by atoms with Gasteiger partial charge in [-0.25, -0.2) is 13.1 Å². The third-order valence-corrected chi connectivity index (χ3v) is 5.26. The Morgan fingerprint density at radius 2 is 2.00 bits per heavy atom. The summed E-state index contributed by atoms with van der Waals surface area (Å²) in [7, 11) is -3.53. The van der Waals surface area contributed by atoms with E-state index >= 15 is 0 Å². The predicted molar refractivity (Wildman–Crippen MR) is 73.0 cm³/mol. The smallest absolute Gasteiger partial charge is 0.207 e. The lowest BCUT2D eigenvalue weighted by atomic mass is 10.1. The standard InChI is InChI=1S/C14H18N2O2S/c1-10-6-7-13(8-11(10)2)19(17,18)16-14-5-3-4-12(14)9-15/h6-8,12,14,16H,3-5H2,1-2H3. The Morgan fingerprint density at radius 3 is 2.63 bits per heavy atom. The number of nitrogens with one attached hydrogen (secondary N) is 1. The van der Waals surface area contributed by atoms with Crippen LogP contribution in [-0.2, 0) is 10.0 Å². The average Bonchev–Trinajstić information content (AvgIpc) is 2.79. The van der Waals surface area contributed by atoms with Crippen LogP contribution in [-0.4, -0.2) is 14.5 Å². The van der Waals surface area contributed by atoms with Crippen molar-refractivity contribution in [3.8, 4) is 6.07 Å². The van der Waals surface area contributed by atoms with Gasteiger partial charge in [0.05, 0.1) is 16.9 Å². The van der Waals surface area contributed by atoms with Crippen LogP contribution < -0.4 is 4.72 Å². The van der Waals surface area contributed by atoms with Crippen molar-refractivity contribution in [2.45, 2.75) is 44.0 Å². The number of nitrogens with zero attached hydrogens (tertiary/aromatic N) is 1. The van der Waals surface area contributed by atoms with Crippen molar-refractivity contribution in [3.63, 3.8) is 0 Å². The highest BCUT2D eigenvalue weighted by Gasteiger charge is 2.31. The topological polar surface area (TPSA) is 70.0 Å². The third-order valence-electron chi connectivity index (χ3n) is 3.78. The Balaban J connectivity index is 2.23. The van der Waals surface area contributed by atoms with Crippen LogP contribution in [0.4, 0.5) is 0 Å². The van der Waals surface area contributed by atoms with Crippen LogP contribution in [0.1, 0.15) is 30.4 Å². The second-order valence-electron chi connectivity index (χ2n) is 5.14. The van der Waals surface area contributed by atoms with Gasteiger partial charge in [0, 0.05) is 6.04 Å². The summed E-state index contributed by atoms with van der Waals surface area (Å²) in [5.41, 5.74) is 2.01. The van der Waals surface area contributed by atoms with Crippen molar-refractivity contribution in [1.82, 2.24) is 4.72 Å². The molecule has 1 fully saturated rings. The summed E-state index contributed by atoms with van der Waals surface area (Å²) in [6.07, 6.45) is 2.41. The number of rotatable bonds is 3. The monoisotopic (exact) mass is 278 g/mol. The van der Waals surface area contributed by atoms with Gasteiger partial charge in [-0.05, 0) is 49.9 Å². The molecule has 19 heavy (non-hydrogen) atoms. The van der Waals surface area contributed by atoms with Crippen LogP contribution in [0, 0.1) is 31.1 Å². The zero-order chi connectivity index (χ0) is 14.0. The van der Waals surface area contributed by atoms with E-state index < -0.39 is 10.0 Å². The Morgan fingerprint density at radius 1 is 1.26 bits per heavy atom. The van der Waals surface area contributed by atoms with Gasteiger partial charge < -0.3 is 0 Å². The molecule has 0 aliphatic heterocycles. The molecule has 0 amide bonds. The molecule has 0 aromatic heterocycles. The molecule has 0 spiro atoms. The van der Waals surface area contributed by atoms with Crippen LogP contribution in [0.3, 0.4) is 0 Å². The van der Waals surface area contributed by atoms with Crippen LogP contribution in [0.25, 0.3) is 0 Å². The fraction of sp³-hybridized carbons (Fsp3) is 0.500. The molecular formula is C14H18N2O2S. The van der Waals surface area contributed by atoms with Crippen molar-refractivity contribution >= 4 is 10.0 Å². The lowest BCUT2D eigenvalue weighted by molar-refractivity contribution is 0.515. The Hall–Kier alpha value is -1.38. The summed E-state index contributed by atoms with van der Waals surface area (Å²) in [4.78, 5) is 0.277. The minimum Gasteiger partial charge on any atom is -0.207 e. The first-order chi connectivity index (χ1) is 8.94. The molecule has 0 heterocycles. The first kappa shape index (κ1) is 14.0. The van der Waals surface area contributed by atoms with Gasteiger partial charge in [0.15, 0.2) is 0 Å². The molecule has 0 saturated heterocycles. The van der Waals surface area contributed by atoms with Gasteiger partial charge in [-0.2, -0.15) is 5.26 Å². The summed E-state index contributed by atoms with van der Waals surface area (Å²) in [6.45, 7) is 3.84. The largest absolute Gasteiger partial charge is 0.240 e. The molecule has 102 valence electrons. The van der Waals surface area contributed by atoms with E-state index in [9.17, 15) is 8.42 Å². The lowest BCUT2D eigenvalue weighted by Crippen LogP contribution is -2.36. The molecule has 0 bridgehead atoms. The van der Waals surface area contributed by atoms with Gasteiger partial charge in [-0.15, -0.1) is 0 Å². The molecule has 2 atom stereocenters. The first-order valence-electron chi connectivity index (χ1n) is 6.43. The second-order valence-corrected chi connectivity index (χ2v) is 6.85. The molecular weight excluding hydrogens is 260 g/mol. The second kappa shape index (κ2) is 5.32. The maximum Gasteiger partial charge on any atom is 0.240 e. The third kappa shape index (κ3) is 2.96. The number of aryl methyl sites for hydroxylation is 2. The molecule has 5 heteroatoms. The van der Waals surface area contributed by atoms with Crippen LogP contribution in [0.2, 0.25) is 0 Å². The maximum absolute atomic E-state index is 12.3. The summed E-state index contributed by atoms with van der Waals surface area (Å²) in [5.74, 6) is -0.207. The molecule has 1 aliphatic rings. The van der Waals surface area contributed by atoms with E-state index in [2.05, 4.69) is 10.8 Å². The molecule has 2 rings (SSSR count). The number of sulfonamides is 1. The summed E-state index contributed by atoms with van der Waals surface area (Å²) < 4.78 is 27.3. The quantitative estimate of drug-likeness (QED) is 0.922. The van der Waals surface area contributed by atoms with E-state index in [4.69, 9.17) is 5.26 Å². The van der Waals surface area contributed by atoms with Crippen LogP contribution >= 0.6 is 0 Å².